The van der Waals surface area contributed by atoms with Crippen molar-refractivity contribution >= 4 is 11.8 Å². The molecule has 0 aliphatic heterocycles. The van der Waals surface area contributed by atoms with E-state index < -0.39 is 0 Å². The lowest BCUT2D eigenvalue weighted by molar-refractivity contribution is 0.0961. The molecule has 1 aromatic rings. The maximum Gasteiger partial charge on any atom is 0.251 e. The van der Waals surface area contributed by atoms with Crippen LogP contribution in [0.3, 0.4) is 0 Å². The Bertz CT molecular complexity index is 436. The Morgan fingerprint density at radius 3 is 1.89 bits per heavy atom. The Kier molecular flexibility index (Phi) is 5.51. The van der Waals surface area contributed by atoms with E-state index in [2.05, 4.69) is 10.6 Å². The van der Waals surface area contributed by atoms with Gasteiger partial charge in [0.05, 0.1) is 0 Å². The highest BCUT2D eigenvalue weighted by molar-refractivity contribution is 6.02. The van der Waals surface area contributed by atoms with Crippen molar-refractivity contribution in [2.24, 2.45) is 0 Å². The summed E-state index contributed by atoms with van der Waals surface area (Å²) in [5.41, 5.74) is 1.91. The predicted octanol–water partition coefficient (Wildman–Crippen LogP) is 0.510. The molecule has 0 spiro atoms. The molecule has 19 heavy (non-hydrogen) atoms. The van der Waals surface area contributed by atoms with Crippen molar-refractivity contribution in [3.05, 3.63) is 34.9 Å². The summed E-state index contributed by atoms with van der Waals surface area (Å²) < 4.78 is 0. The van der Waals surface area contributed by atoms with E-state index in [0.717, 1.165) is 12.1 Å². The van der Waals surface area contributed by atoms with E-state index in [1.54, 1.807) is 32.3 Å². The Hall–Kier alpha value is -1.88. The number of carbonyl (C=O) groups excluding carboxylic acids is 2. The van der Waals surface area contributed by atoms with Gasteiger partial charge in [0.15, 0.2) is 0 Å². The van der Waals surface area contributed by atoms with Crippen molar-refractivity contribution in [1.82, 2.24) is 15.5 Å². The van der Waals surface area contributed by atoms with Gasteiger partial charge in [0.2, 0.25) is 0 Å². The summed E-state index contributed by atoms with van der Waals surface area (Å²) >= 11 is 0. The number of likely N-dealkylation sites (N-methyl/N-ethyl adjacent to an activating group) is 1. The Labute approximate surface area is 114 Å². The summed E-state index contributed by atoms with van der Waals surface area (Å²) in [5, 5.41) is 5.22. The van der Waals surface area contributed by atoms with E-state index in [0.29, 0.717) is 17.5 Å². The fraction of sp³-hybridized carbons (Fsp3) is 0.429. The fourth-order valence-corrected chi connectivity index (χ4v) is 1.89. The molecule has 2 amide bonds. The van der Waals surface area contributed by atoms with Crippen LogP contribution in [0, 0.1) is 0 Å². The molecule has 0 heterocycles. The normalized spacial score (nSPS) is 10.4. The van der Waals surface area contributed by atoms with Gasteiger partial charge in [0.1, 0.15) is 0 Å². The van der Waals surface area contributed by atoms with Gasteiger partial charge in [-0.1, -0.05) is 6.07 Å². The van der Waals surface area contributed by atoms with Crippen molar-refractivity contribution in [3.63, 3.8) is 0 Å². The molecule has 1 rings (SSSR count). The third-order valence-electron chi connectivity index (χ3n) is 2.93. The minimum absolute atomic E-state index is 0.167. The molecular weight excluding hydrogens is 242 g/mol. The van der Waals surface area contributed by atoms with Gasteiger partial charge >= 0.3 is 0 Å². The molecule has 5 nitrogen and oxygen atoms in total. The van der Waals surface area contributed by atoms with Gasteiger partial charge in [-0.3, -0.25) is 9.59 Å². The van der Waals surface area contributed by atoms with Crippen molar-refractivity contribution in [2.75, 3.05) is 34.7 Å². The standard InChI is InChI=1S/C14H21N3O2/c1-15-13(18)11-6-5-7-12(14(19)16-2)10(11)8-9-17(3)4/h5-7H,8-9H2,1-4H3,(H,15,18)(H,16,19). The van der Waals surface area contributed by atoms with Crippen LogP contribution in [0.4, 0.5) is 0 Å². The number of hydrogen-bond donors (Lipinski definition) is 2. The molecule has 0 bridgehead atoms. The number of amides is 2. The van der Waals surface area contributed by atoms with Gasteiger partial charge in [-0.05, 0) is 38.2 Å². The number of hydrogen-bond acceptors (Lipinski definition) is 3. The summed E-state index contributed by atoms with van der Waals surface area (Å²) in [6.07, 6.45) is 0.652. The molecule has 0 saturated heterocycles. The summed E-state index contributed by atoms with van der Waals surface area (Å²) in [6, 6.07) is 5.22. The van der Waals surface area contributed by atoms with Crippen molar-refractivity contribution in [1.29, 1.82) is 0 Å². The van der Waals surface area contributed by atoms with E-state index in [9.17, 15) is 9.59 Å². The topological polar surface area (TPSA) is 61.4 Å². The molecule has 5 heteroatoms. The second kappa shape index (κ2) is 6.89. The van der Waals surface area contributed by atoms with Crippen LogP contribution in [0.5, 0.6) is 0 Å². The molecule has 0 aromatic heterocycles. The number of carbonyl (C=O) groups is 2. The van der Waals surface area contributed by atoms with E-state index in [1.807, 2.05) is 19.0 Å². The van der Waals surface area contributed by atoms with Crippen LogP contribution in [0.2, 0.25) is 0 Å². The van der Waals surface area contributed by atoms with Crippen molar-refractivity contribution in [2.45, 2.75) is 6.42 Å². The van der Waals surface area contributed by atoms with E-state index >= 15 is 0 Å². The zero-order chi connectivity index (χ0) is 14.4. The summed E-state index contributed by atoms with van der Waals surface area (Å²) in [5.74, 6) is -0.334. The van der Waals surface area contributed by atoms with E-state index in [1.165, 1.54) is 0 Å². The van der Waals surface area contributed by atoms with Gasteiger partial charge in [0.25, 0.3) is 11.8 Å². The average Bonchev–Trinajstić information content (AvgIpc) is 2.42. The second-order valence-electron chi connectivity index (χ2n) is 4.54. The van der Waals surface area contributed by atoms with Crippen LogP contribution in [-0.4, -0.2) is 51.4 Å². The monoisotopic (exact) mass is 263 g/mol. The van der Waals surface area contributed by atoms with E-state index in [4.69, 9.17) is 0 Å². The highest BCUT2D eigenvalue weighted by atomic mass is 16.2. The minimum atomic E-state index is -0.167. The van der Waals surface area contributed by atoms with Gasteiger partial charge in [-0.15, -0.1) is 0 Å². The lowest BCUT2D eigenvalue weighted by Crippen LogP contribution is -2.26. The molecule has 0 aliphatic carbocycles. The first-order valence-corrected chi connectivity index (χ1v) is 6.22. The Balaban J connectivity index is 3.23. The number of benzene rings is 1. The lowest BCUT2D eigenvalue weighted by Gasteiger charge is -2.15. The maximum atomic E-state index is 11.9. The number of nitrogens with one attached hydrogen (secondary N) is 2. The molecule has 104 valence electrons. The molecule has 0 radical (unpaired) electrons. The summed E-state index contributed by atoms with van der Waals surface area (Å²) in [6.45, 7) is 0.776. The van der Waals surface area contributed by atoms with Crippen LogP contribution in [0.25, 0.3) is 0 Å². The smallest absolute Gasteiger partial charge is 0.251 e. The molecule has 1 aromatic carbocycles. The first kappa shape index (κ1) is 15.2. The average molecular weight is 263 g/mol. The maximum absolute atomic E-state index is 11.9. The molecule has 2 N–H and O–H groups in total. The quantitative estimate of drug-likeness (QED) is 0.813. The molecule has 0 aliphatic rings. The first-order chi connectivity index (χ1) is 9.01. The van der Waals surface area contributed by atoms with Crippen LogP contribution >= 0.6 is 0 Å². The van der Waals surface area contributed by atoms with Gasteiger partial charge in [0, 0.05) is 31.8 Å². The first-order valence-electron chi connectivity index (χ1n) is 6.22. The van der Waals surface area contributed by atoms with Crippen molar-refractivity contribution in [3.8, 4) is 0 Å². The molecule has 0 fully saturated rings. The van der Waals surface area contributed by atoms with Gasteiger partial charge < -0.3 is 15.5 Å². The highest BCUT2D eigenvalue weighted by Crippen LogP contribution is 2.16. The van der Waals surface area contributed by atoms with Crippen LogP contribution in [0.1, 0.15) is 26.3 Å². The molecule has 0 atom stereocenters. The van der Waals surface area contributed by atoms with Gasteiger partial charge in [-0.2, -0.15) is 0 Å². The second-order valence-corrected chi connectivity index (χ2v) is 4.54. The number of rotatable bonds is 5. The third-order valence-corrected chi connectivity index (χ3v) is 2.93. The summed E-state index contributed by atoms with van der Waals surface area (Å²) in [4.78, 5) is 25.8. The van der Waals surface area contributed by atoms with Crippen LogP contribution in [0.15, 0.2) is 18.2 Å². The Morgan fingerprint density at radius 2 is 1.53 bits per heavy atom. The molecular formula is C14H21N3O2. The minimum Gasteiger partial charge on any atom is -0.355 e. The van der Waals surface area contributed by atoms with E-state index in [-0.39, 0.29) is 11.8 Å². The zero-order valence-electron chi connectivity index (χ0n) is 11.9. The highest BCUT2D eigenvalue weighted by Gasteiger charge is 2.17. The van der Waals surface area contributed by atoms with Crippen molar-refractivity contribution < 1.29 is 9.59 Å². The fourth-order valence-electron chi connectivity index (χ4n) is 1.89. The Morgan fingerprint density at radius 1 is 1.05 bits per heavy atom. The lowest BCUT2D eigenvalue weighted by atomic mass is 9.96. The zero-order valence-corrected chi connectivity index (χ0v) is 11.9. The predicted molar refractivity (Wildman–Crippen MR) is 75.5 cm³/mol. The largest absolute Gasteiger partial charge is 0.355 e. The molecule has 0 saturated carbocycles. The SMILES string of the molecule is CNC(=O)c1cccc(C(=O)NC)c1CCN(C)C. The van der Waals surface area contributed by atoms with Crippen LogP contribution < -0.4 is 10.6 Å². The molecule has 0 unspecified atom stereocenters. The summed E-state index contributed by atoms with van der Waals surface area (Å²) in [7, 11) is 7.10. The third kappa shape index (κ3) is 3.79. The van der Waals surface area contributed by atoms with Gasteiger partial charge in [-0.25, -0.2) is 0 Å². The number of nitrogens with zero attached hydrogens (tertiary/aromatic N) is 1. The van der Waals surface area contributed by atoms with Crippen LogP contribution in [-0.2, 0) is 6.42 Å².